The van der Waals surface area contributed by atoms with Crippen molar-refractivity contribution >= 4 is 17.8 Å². The normalized spacial score (nSPS) is 38.1. The van der Waals surface area contributed by atoms with E-state index in [1.54, 1.807) is 4.90 Å². The zero-order valence-corrected chi connectivity index (χ0v) is 21.8. The third kappa shape index (κ3) is 4.41. The molecule has 37 heavy (non-hydrogen) atoms. The molecular formula is C27H39N3O7. The number of hydrogen-bond acceptors (Lipinski definition) is 8. The lowest BCUT2D eigenvalue weighted by Gasteiger charge is -2.40. The van der Waals surface area contributed by atoms with Crippen LogP contribution >= 0.6 is 0 Å². The molecular weight excluding hydrogens is 478 g/mol. The number of carbonyl (C=O) groups is 3. The molecule has 1 unspecified atom stereocenters. The van der Waals surface area contributed by atoms with Crippen LogP contribution in [0.5, 0.6) is 0 Å². The number of cyclic esters (lactones) is 1. The minimum Gasteiger partial charge on any atom is -0.465 e. The van der Waals surface area contributed by atoms with E-state index in [-0.39, 0.29) is 25.0 Å². The van der Waals surface area contributed by atoms with Crippen molar-refractivity contribution in [2.75, 3.05) is 59.2 Å². The summed E-state index contributed by atoms with van der Waals surface area (Å²) in [5, 5.41) is 10.2. The van der Waals surface area contributed by atoms with Crippen LogP contribution in [0.15, 0.2) is 24.3 Å². The SMILES string of the molecule is CC[C@@H](CO)N1C(=O)[C@@H]2[C@@H]3C(=O)OCCC/C=C\[C@]3(C)O[C@@]23C=CCN(CCN2CCOCC2)C(=O)C13. The lowest BCUT2D eigenvalue weighted by Crippen LogP contribution is -2.59. The first-order valence-corrected chi connectivity index (χ1v) is 13.6. The largest absolute Gasteiger partial charge is 0.465 e. The summed E-state index contributed by atoms with van der Waals surface area (Å²) in [7, 11) is 0. The molecule has 2 amide bonds. The summed E-state index contributed by atoms with van der Waals surface area (Å²) in [5.74, 6) is -2.84. The number of aliphatic hydroxyl groups excluding tert-OH is 1. The number of fused-ring (bicyclic) bond motifs is 2. The molecule has 0 aromatic rings. The number of morpholine rings is 1. The van der Waals surface area contributed by atoms with Crippen LogP contribution in [0.25, 0.3) is 0 Å². The van der Waals surface area contributed by atoms with Crippen LogP contribution in [0.1, 0.15) is 33.1 Å². The Bertz CT molecular complexity index is 960. The smallest absolute Gasteiger partial charge is 0.313 e. The van der Waals surface area contributed by atoms with Crippen LogP contribution in [0, 0.1) is 11.8 Å². The first-order chi connectivity index (χ1) is 17.9. The van der Waals surface area contributed by atoms with Crippen LogP contribution in [0.4, 0.5) is 0 Å². The number of likely N-dealkylation sites (tertiary alicyclic amines) is 1. The van der Waals surface area contributed by atoms with Gasteiger partial charge in [-0.3, -0.25) is 19.3 Å². The molecule has 5 heterocycles. The van der Waals surface area contributed by atoms with E-state index in [4.69, 9.17) is 14.2 Å². The number of rotatable bonds is 6. The van der Waals surface area contributed by atoms with Gasteiger partial charge in [0.05, 0.1) is 44.0 Å². The zero-order valence-electron chi connectivity index (χ0n) is 21.8. The van der Waals surface area contributed by atoms with Gasteiger partial charge in [-0.2, -0.15) is 0 Å². The Hall–Kier alpha value is -2.27. The maximum absolute atomic E-state index is 14.3. The molecule has 10 nitrogen and oxygen atoms in total. The number of carbonyl (C=O) groups excluding carboxylic acids is 3. The van der Waals surface area contributed by atoms with Crippen LogP contribution < -0.4 is 0 Å². The van der Waals surface area contributed by atoms with E-state index in [0.717, 1.165) is 19.5 Å². The van der Waals surface area contributed by atoms with Gasteiger partial charge in [0.1, 0.15) is 17.6 Å². The molecule has 10 heteroatoms. The molecule has 204 valence electrons. The highest BCUT2D eigenvalue weighted by molar-refractivity contribution is 5.99. The van der Waals surface area contributed by atoms with Gasteiger partial charge in [-0.15, -0.1) is 0 Å². The van der Waals surface area contributed by atoms with Crippen molar-refractivity contribution in [2.45, 2.75) is 56.4 Å². The van der Waals surface area contributed by atoms with Crippen LogP contribution in [-0.2, 0) is 28.6 Å². The van der Waals surface area contributed by atoms with Crippen molar-refractivity contribution < 1.29 is 33.7 Å². The maximum Gasteiger partial charge on any atom is 0.313 e. The highest BCUT2D eigenvalue weighted by atomic mass is 16.6. The predicted molar refractivity (Wildman–Crippen MR) is 133 cm³/mol. The first-order valence-electron chi connectivity index (χ1n) is 13.6. The van der Waals surface area contributed by atoms with Gasteiger partial charge in [-0.1, -0.05) is 31.2 Å². The van der Waals surface area contributed by atoms with Gasteiger partial charge in [0, 0.05) is 32.7 Å². The minimum absolute atomic E-state index is 0.214. The Morgan fingerprint density at radius 1 is 1.05 bits per heavy atom. The lowest BCUT2D eigenvalue weighted by atomic mass is 9.74. The van der Waals surface area contributed by atoms with E-state index in [9.17, 15) is 19.5 Å². The van der Waals surface area contributed by atoms with Gasteiger partial charge in [-0.05, 0) is 26.2 Å². The molecule has 5 rings (SSSR count). The number of hydrogen-bond donors (Lipinski definition) is 1. The number of esters is 1. The Balaban J connectivity index is 1.54. The van der Waals surface area contributed by atoms with Crippen molar-refractivity contribution in [1.29, 1.82) is 0 Å². The molecule has 6 atom stereocenters. The van der Waals surface area contributed by atoms with E-state index < -0.39 is 41.1 Å². The molecule has 5 aliphatic heterocycles. The first kappa shape index (κ1) is 26.3. The number of aliphatic hydroxyl groups is 1. The Kier molecular flexibility index (Phi) is 7.46. The van der Waals surface area contributed by atoms with Gasteiger partial charge >= 0.3 is 5.97 Å². The van der Waals surface area contributed by atoms with Gasteiger partial charge in [0.25, 0.3) is 0 Å². The molecule has 0 aliphatic carbocycles. The standard InChI is InChI=1S/C27H39N3O7/c1-3-19(18-31)30-22-24(33)29(12-11-28-13-16-35-17-14-28)10-7-9-27(22)20(23(30)32)21-25(34)36-15-6-4-5-8-26(21,2)37-27/h5,7-9,19-22,31H,3-4,6,10-18H2,1-2H3/b8-5-/t19-,20-,21+,22?,26-,27-/m0/s1. The van der Waals surface area contributed by atoms with Gasteiger partial charge < -0.3 is 29.1 Å². The minimum atomic E-state index is -1.33. The van der Waals surface area contributed by atoms with Crippen LogP contribution in [0.2, 0.25) is 0 Å². The molecule has 0 aromatic carbocycles. The van der Waals surface area contributed by atoms with Gasteiger partial charge in [-0.25, -0.2) is 0 Å². The molecule has 0 radical (unpaired) electrons. The molecule has 0 bridgehead atoms. The van der Waals surface area contributed by atoms with E-state index in [0.29, 0.717) is 45.7 Å². The van der Waals surface area contributed by atoms with Crippen LogP contribution in [-0.4, -0.2) is 120 Å². The molecule has 0 aromatic heterocycles. The second-order valence-electron chi connectivity index (χ2n) is 10.8. The number of allylic oxidation sites excluding steroid dienone is 1. The van der Waals surface area contributed by atoms with Crippen molar-refractivity contribution in [3.63, 3.8) is 0 Å². The van der Waals surface area contributed by atoms with E-state index in [1.165, 1.54) is 4.90 Å². The summed E-state index contributed by atoms with van der Waals surface area (Å²) in [6, 6.07) is -1.53. The fourth-order valence-electron chi connectivity index (χ4n) is 6.72. The average Bonchev–Trinajstić information content (AvgIpc) is 3.25. The summed E-state index contributed by atoms with van der Waals surface area (Å²) in [6.45, 7) is 8.26. The average molecular weight is 518 g/mol. The maximum atomic E-state index is 14.3. The number of amides is 2. The molecule has 1 spiro atoms. The number of nitrogens with zero attached hydrogens (tertiary/aromatic N) is 3. The summed E-state index contributed by atoms with van der Waals surface area (Å²) < 4.78 is 17.8. The predicted octanol–water partition coefficient (Wildman–Crippen LogP) is 0.352. The lowest BCUT2D eigenvalue weighted by molar-refractivity contribution is -0.161. The fraction of sp³-hybridized carbons (Fsp3) is 0.741. The zero-order chi connectivity index (χ0) is 26.2. The molecule has 3 saturated heterocycles. The monoisotopic (exact) mass is 517 g/mol. The van der Waals surface area contributed by atoms with Crippen molar-refractivity contribution in [3.8, 4) is 0 Å². The molecule has 1 N–H and O–H groups in total. The highest BCUT2D eigenvalue weighted by Crippen LogP contribution is 2.57. The topological polar surface area (TPSA) is 109 Å². The second kappa shape index (κ2) is 10.5. The molecule has 5 aliphatic rings. The van der Waals surface area contributed by atoms with Crippen molar-refractivity contribution in [1.82, 2.24) is 14.7 Å². The van der Waals surface area contributed by atoms with E-state index in [1.807, 2.05) is 38.2 Å². The number of ether oxygens (including phenoxy) is 3. The quantitative estimate of drug-likeness (QED) is 0.397. The van der Waals surface area contributed by atoms with E-state index in [2.05, 4.69) is 4.90 Å². The highest BCUT2D eigenvalue weighted by Gasteiger charge is 2.75. The summed E-state index contributed by atoms with van der Waals surface area (Å²) in [6.07, 6.45) is 9.47. The Labute approximate surface area is 218 Å². The Morgan fingerprint density at radius 2 is 1.84 bits per heavy atom. The van der Waals surface area contributed by atoms with Gasteiger partial charge in [0.2, 0.25) is 11.8 Å². The van der Waals surface area contributed by atoms with Crippen LogP contribution in [0.3, 0.4) is 0 Å². The third-order valence-corrected chi connectivity index (χ3v) is 8.64. The molecule has 3 fully saturated rings. The third-order valence-electron chi connectivity index (χ3n) is 8.64. The molecule has 0 saturated carbocycles. The van der Waals surface area contributed by atoms with Crippen molar-refractivity contribution in [2.24, 2.45) is 11.8 Å². The van der Waals surface area contributed by atoms with Crippen molar-refractivity contribution in [3.05, 3.63) is 24.3 Å². The van der Waals surface area contributed by atoms with Gasteiger partial charge in [0.15, 0.2) is 0 Å². The fourth-order valence-corrected chi connectivity index (χ4v) is 6.72. The summed E-state index contributed by atoms with van der Waals surface area (Å²) >= 11 is 0. The second-order valence-corrected chi connectivity index (χ2v) is 10.8. The van der Waals surface area contributed by atoms with E-state index >= 15 is 0 Å². The summed E-state index contributed by atoms with van der Waals surface area (Å²) in [4.78, 5) is 47.4. The summed E-state index contributed by atoms with van der Waals surface area (Å²) in [5.41, 5.74) is -2.42. The Morgan fingerprint density at radius 3 is 2.57 bits per heavy atom.